The zero-order valence-electron chi connectivity index (χ0n) is 14.8. The maximum Gasteiger partial charge on any atom is 0.266 e. The SMILES string of the molecule is N#C/C(=C\c1ccccc1Cc1cccc(F)c1)C(=O)Nc1ccc(Cl)cc1. The van der Waals surface area contributed by atoms with Crippen molar-refractivity contribution in [2.45, 2.75) is 6.42 Å². The molecule has 0 aromatic heterocycles. The van der Waals surface area contributed by atoms with E-state index in [-0.39, 0.29) is 11.4 Å². The molecule has 0 aliphatic heterocycles. The lowest BCUT2D eigenvalue weighted by Crippen LogP contribution is -2.13. The molecule has 0 bridgehead atoms. The molecule has 0 spiro atoms. The zero-order valence-corrected chi connectivity index (χ0v) is 15.6. The van der Waals surface area contributed by atoms with Crippen molar-refractivity contribution in [3.8, 4) is 6.07 Å². The molecule has 3 aromatic carbocycles. The number of nitrogens with one attached hydrogen (secondary N) is 1. The first-order valence-electron chi connectivity index (χ1n) is 8.56. The van der Waals surface area contributed by atoms with E-state index in [2.05, 4.69) is 5.32 Å². The molecule has 138 valence electrons. The Hall–Kier alpha value is -3.42. The summed E-state index contributed by atoms with van der Waals surface area (Å²) in [5.41, 5.74) is 2.95. The predicted molar refractivity (Wildman–Crippen MR) is 109 cm³/mol. The summed E-state index contributed by atoms with van der Waals surface area (Å²) < 4.78 is 13.5. The Labute approximate surface area is 167 Å². The molecule has 3 rings (SSSR count). The lowest BCUT2D eigenvalue weighted by molar-refractivity contribution is -0.112. The Morgan fingerprint density at radius 3 is 2.54 bits per heavy atom. The second-order valence-corrected chi connectivity index (χ2v) is 6.57. The minimum absolute atomic E-state index is 0.0263. The average Bonchev–Trinajstić information content (AvgIpc) is 2.69. The van der Waals surface area contributed by atoms with Crippen LogP contribution in [0.15, 0.2) is 78.4 Å². The fourth-order valence-corrected chi connectivity index (χ4v) is 2.86. The van der Waals surface area contributed by atoms with Gasteiger partial charge in [0.25, 0.3) is 5.91 Å². The van der Waals surface area contributed by atoms with Crippen molar-refractivity contribution >= 4 is 29.3 Å². The van der Waals surface area contributed by atoms with Crippen LogP contribution < -0.4 is 5.32 Å². The number of nitrogens with zero attached hydrogens (tertiary/aromatic N) is 1. The molecule has 0 heterocycles. The highest BCUT2D eigenvalue weighted by atomic mass is 35.5. The number of hydrogen-bond donors (Lipinski definition) is 1. The van der Waals surface area contributed by atoms with Gasteiger partial charge >= 0.3 is 0 Å². The number of amides is 1. The minimum atomic E-state index is -0.509. The average molecular weight is 391 g/mol. The number of carbonyl (C=O) groups is 1. The summed E-state index contributed by atoms with van der Waals surface area (Å²) in [6.07, 6.45) is 2.03. The van der Waals surface area contributed by atoms with Crippen LogP contribution >= 0.6 is 11.6 Å². The van der Waals surface area contributed by atoms with Crippen molar-refractivity contribution in [1.29, 1.82) is 5.26 Å². The van der Waals surface area contributed by atoms with Gasteiger partial charge in [0, 0.05) is 10.7 Å². The summed E-state index contributed by atoms with van der Waals surface area (Å²) >= 11 is 5.84. The lowest BCUT2D eigenvalue weighted by Gasteiger charge is -2.08. The van der Waals surface area contributed by atoms with E-state index >= 15 is 0 Å². The van der Waals surface area contributed by atoms with Crippen LogP contribution in [-0.2, 0) is 11.2 Å². The second kappa shape index (κ2) is 8.98. The molecule has 5 heteroatoms. The van der Waals surface area contributed by atoms with Crippen LogP contribution in [0.1, 0.15) is 16.7 Å². The van der Waals surface area contributed by atoms with E-state index in [9.17, 15) is 14.4 Å². The summed E-state index contributed by atoms with van der Waals surface area (Å²) in [6, 6.07) is 22.3. The van der Waals surface area contributed by atoms with E-state index < -0.39 is 5.91 Å². The number of carbonyl (C=O) groups excluding carboxylic acids is 1. The summed E-state index contributed by atoms with van der Waals surface area (Å²) in [4.78, 5) is 12.5. The Kier molecular flexibility index (Phi) is 6.21. The Balaban J connectivity index is 1.85. The zero-order chi connectivity index (χ0) is 19.9. The van der Waals surface area contributed by atoms with Gasteiger partial charge in [-0.15, -0.1) is 0 Å². The molecular formula is C23H16ClFN2O. The first kappa shape index (κ1) is 19.3. The van der Waals surface area contributed by atoms with Crippen molar-refractivity contribution in [2.75, 3.05) is 5.32 Å². The molecular weight excluding hydrogens is 375 g/mol. The quantitative estimate of drug-likeness (QED) is 0.454. The molecule has 3 nitrogen and oxygen atoms in total. The summed E-state index contributed by atoms with van der Waals surface area (Å²) in [7, 11) is 0. The molecule has 1 amide bonds. The number of benzene rings is 3. The molecule has 28 heavy (non-hydrogen) atoms. The highest BCUT2D eigenvalue weighted by Gasteiger charge is 2.11. The smallest absolute Gasteiger partial charge is 0.266 e. The minimum Gasteiger partial charge on any atom is -0.321 e. The van der Waals surface area contributed by atoms with Crippen LogP contribution in [0.2, 0.25) is 5.02 Å². The molecule has 0 saturated carbocycles. The summed E-state index contributed by atoms with van der Waals surface area (Å²) in [5, 5.41) is 12.7. The number of nitriles is 1. The van der Waals surface area contributed by atoms with Gasteiger partial charge in [-0.25, -0.2) is 4.39 Å². The largest absolute Gasteiger partial charge is 0.321 e. The molecule has 0 aliphatic rings. The van der Waals surface area contributed by atoms with Crippen LogP contribution in [0.5, 0.6) is 0 Å². The summed E-state index contributed by atoms with van der Waals surface area (Å²) in [6.45, 7) is 0. The van der Waals surface area contributed by atoms with Crippen molar-refractivity contribution in [1.82, 2.24) is 0 Å². The van der Waals surface area contributed by atoms with Gasteiger partial charge < -0.3 is 5.32 Å². The van der Waals surface area contributed by atoms with Crippen molar-refractivity contribution < 1.29 is 9.18 Å². The van der Waals surface area contributed by atoms with Crippen molar-refractivity contribution in [3.63, 3.8) is 0 Å². The number of halogens is 2. The first-order chi connectivity index (χ1) is 13.5. The van der Waals surface area contributed by atoms with Crippen LogP contribution in [0.25, 0.3) is 6.08 Å². The van der Waals surface area contributed by atoms with Crippen molar-refractivity contribution in [3.05, 3.63) is 106 Å². The topological polar surface area (TPSA) is 52.9 Å². The Morgan fingerprint density at radius 2 is 1.82 bits per heavy atom. The molecule has 0 radical (unpaired) electrons. The fourth-order valence-electron chi connectivity index (χ4n) is 2.74. The Morgan fingerprint density at radius 1 is 1.07 bits per heavy atom. The second-order valence-electron chi connectivity index (χ2n) is 6.14. The van der Waals surface area contributed by atoms with E-state index in [0.29, 0.717) is 17.1 Å². The third-order valence-corrected chi connectivity index (χ3v) is 4.36. The molecule has 3 aromatic rings. The predicted octanol–water partition coefficient (Wildman–Crippen LogP) is 5.62. The maximum atomic E-state index is 13.5. The molecule has 0 fully saturated rings. The van der Waals surface area contributed by atoms with Crippen LogP contribution in [0.3, 0.4) is 0 Å². The van der Waals surface area contributed by atoms with Crippen LogP contribution in [-0.4, -0.2) is 5.91 Å². The van der Waals surface area contributed by atoms with E-state index in [0.717, 1.165) is 16.7 Å². The fraction of sp³-hybridized carbons (Fsp3) is 0.0435. The van der Waals surface area contributed by atoms with Gasteiger partial charge in [-0.1, -0.05) is 48.0 Å². The van der Waals surface area contributed by atoms with Gasteiger partial charge in [-0.2, -0.15) is 5.26 Å². The van der Waals surface area contributed by atoms with Crippen molar-refractivity contribution in [2.24, 2.45) is 0 Å². The van der Waals surface area contributed by atoms with E-state index in [4.69, 9.17) is 11.6 Å². The van der Waals surface area contributed by atoms with E-state index in [1.54, 1.807) is 36.4 Å². The third-order valence-electron chi connectivity index (χ3n) is 4.11. The van der Waals surface area contributed by atoms with Gasteiger partial charge in [0.2, 0.25) is 0 Å². The van der Waals surface area contributed by atoms with Gasteiger partial charge in [-0.3, -0.25) is 4.79 Å². The monoisotopic (exact) mass is 390 g/mol. The number of anilines is 1. The maximum absolute atomic E-state index is 13.5. The van der Waals surface area contributed by atoms with Gasteiger partial charge in [0.05, 0.1) is 0 Å². The Bertz CT molecular complexity index is 1070. The van der Waals surface area contributed by atoms with Gasteiger partial charge in [-0.05, 0) is 65.6 Å². The standard InChI is InChI=1S/C23H16ClFN2O/c24-20-8-10-22(11-9-20)27-23(28)19(15-26)14-18-6-2-1-5-17(18)12-16-4-3-7-21(25)13-16/h1-11,13-14H,12H2,(H,27,28)/b19-14+. The molecule has 0 saturated heterocycles. The van der Waals surface area contributed by atoms with Gasteiger partial charge in [0.15, 0.2) is 0 Å². The summed E-state index contributed by atoms with van der Waals surface area (Å²) in [5.74, 6) is -0.809. The van der Waals surface area contributed by atoms with E-state index in [1.807, 2.05) is 36.4 Å². The van der Waals surface area contributed by atoms with E-state index in [1.165, 1.54) is 12.1 Å². The highest BCUT2D eigenvalue weighted by molar-refractivity contribution is 6.30. The van der Waals surface area contributed by atoms with Crippen LogP contribution in [0.4, 0.5) is 10.1 Å². The normalized spacial score (nSPS) is 11.0. The number of hydrogen-bond acceptors (Lipinski definition) is 2. The third kappa shape index (κ3) is 5.06. The van der Waals surface area contributed by atoms with Gasteiger partial charge in [0.1, 0.15) is 17.5 Å². The molecule has 1 N–H and O–H groups in total. The molecule has 0 unspecified atom stereocenters. The first-order valence-corrected chi connectivity index (χ1v) is 8.94. The molecule has 0 aliphatic carbocycles. The van der Waals surface area contributed by atoms with Crippen LogP contribution in [0, 0.1) is 17.1 Å². The lowest BCUT2D eigenvalue weighted by atomic mass is 9.98. The number of rotatable bonds is 5. The molecule has 0 atom stereocenters. The highest BCUT2D eigenvalue weighted by Crippen LogP contribution is 2.19.